The molecule has 1 aliphatic heterocycles. The molecular weight excluding hydrogens is 394 g/mol. The summed E-state index contributed by atoms with van der Waals surface area (Å²) in [7, 11) is 0. The quantitative estimate of drug-likeness (QED) is 0.375. The SMILES string of the molecule is O=C(O)C1CN(CCCCCCCC[C@@H](Cc2ccccc2)c2cccc(Cl)c2)C1. The van der Waals surface area contributed by atoms with Gasteiger partial charge in [0.1, 0.15) is 0 Å². The number of benzene rings is 2. The lowest BCUT2D eigenvalue weighted by Crippen LogP contribution is -2.50. The molecule has 1 fully saturated rings. The second kappa shape index (κ2) is 12.1. The molecule has 4 heteroatoms. The van der Waals surface area contributed by atoms with Gasteiger partial charge in [-0.3, -0.25) is 4.79 Å². The Morgan fingerprint density at radius 2 is 1.67 bits per heavy atom. The Hall–Kier alpha value is -1.84. The minimum absolute atomic E-state index is 0.131. The van der Waals surface area contributed by atoms with E-state index in [1.54, 1.807) is 0 Å². The van der Waals surface area contributed by atoms with Gasteiger partial charge in [0.05, 0.1) is 5.92 Å². The van der Waals surface area contributed by atoms with Gasteiger partial charge in [0.25, 0.3) is 0 Å². The van der Waals surface area contributed by atoms with Gasteiger partial charge < -0.3 is 10.0 Å². The Balaban J connectivity index is 1.33. The van der Waals surface area contributed by atoms with Crippen LogP contribution in [0.2, 0.25) is 5.02 Å². The van der Waals surface area contributed by atoms with E-state index in [-0.39, 0.29) is 5.92 Å². The predicted molar refractivity (Wildman–Crippen MR) is 124 cm³/mol. The van der Waals surface area contributed by atoms with Crippen LogP contribution in [0.15, 0.2) is 54.6 Å². The number of carboxylic acids is 1. The van der Waals surface area contributed by atoms with Gasteiger partial charge in [-0.15, -0.1) is 0 Å². The maximum atomic E-state index is 10.8. The first-order valence-corrected chi connectivity index (χ1v) is 11.7. The lowest BCUT2D eigenvalue weighted by Gasteiger charge is -2.36. The first-order chi connectivity index (χ1) is 14.6. The highest BCUT2D eigenvalue weighted by Crippen LogP contribution is 2.29. The zero-order chi connectivity index (χ0) is 21.2. The number of nitrogens with zero attached hydrogens (tertiary/aromatic N) is 1. The largest absolute Gasteiger partial charge is 0.481 e. The van der Waals surface area contributed by atoms with E-state index in [0.717, 1.165) is 31.1 Å². The van der Waals surface area contributed by atoms with Crippen LogP contribution in [0.3, 0.4) is 0 Å². The third-order valence-electron chi connectivity index (χ3n) is 6.23. The number of aliphatic carboxylic acids is 1. The molecule has 1 heterocycles. The van der Waals surface area contributed by atoms with Crippen LogP contribution in [0.25, 0.3) is 0 Å². The van der Waals surface area contributed by atoms with E-state index in [2.05, 4.69) is 53.4 Å². The number of unbranched alkanes of at least 4 members (excludes halogenated alkanes) is 5. The Bertz CT molecular complexity index is 774. The second-order valence-electron chi connectivity index (χ2n) is 8.65. The highest BCUT2D eigenvalue weighted by atomic mass is 35.5. The third-order valence-corrected chi connectivity index (χ3v) is 6.46. The van der Waals surface area contributed by atoms with Crippen molar-refractivity contribution in [2.24, 2.45) is 5.92 Å². The summed E-state index contributed by atoms with van der Waals surface area (Å²) >= 11 is 6.25. The zero-order valence-corrected chi connectivity index (χ0v) is 18.6. The molecule has 2 aromatic rings. The minimum atomic E-state index is -0.644. The summed E-state index contributed by atoms with van der Waals surface area (Å²) in [6.07, 6.45) is 9.77. The van der Waals surface area contributed by atoms with Crippen molar-refractivity contribution in [3.05, 3.63) is 70.7 Å². The molecule has 0 amide bonds. The number of carbonyl (C=O) groups is 1. The topological polar surface area (TPSA) is 40.5 Å². The van der Waals surface area contributed by atoms with E-state index >= 15 is 0 Å². The first kappa shape index (κ1) is 22.8. The lowest BCUT2D eigenvalue weighted by molar-refractivity contribution is -0.147. The molecule has 3 rings (SSSR count). The Kier molecular flexibility index (Phi) is 9.23. The lowest BCUT2D eigenvalue weighted by atomic mass is 9.87. The van der Waals surface area contributed by atoms with E-state index < -0.39 is 5.97 Å². The Morgan fingerprint density at radius 3 is 2.37 bits per heavy atom. The van der Waals surface area contributed by atoms with Crippen molar-refractivity contribution >= 4 is 17.6 Å². The van der Waals surface area contributed by atoms with Crippen molar-refractivity contribution in [2.45, 2.75) is 57.3 Å². The summed E-state index contributed by atoms with van der Waals surface area (Å²) < 4.78 is 0. The van der Waals surface area contributed by atoms with E-state index in [9.17, 15) is 4.79 Å². The summed E-state index contributed by atoms with van der Waals surface area (Å²) in [6, 6.07) is 19.1. The summed E-state index contributed by atoms with van der Waals surface area (Å²) in [6.45, 7) is 2.53. The van der Waals surface area contributed by atoms with E-state index in [4.69, 9.17) is 16.7 Å². The summed E-state index contributed by atoms with van der Waals surface area (Å²) in [5.74, 6) is -0.261. The van der Waals surface area contributed by atoms with Gasteiger partial charge in [-0.2, -0.15) is 0 Å². The fourth-order valence-electron chi connectivity index (χ4n) is 4.39. The fourth-order valence-corrected chi connectivity index (χ4v) is 4.59. The normalized spacial score (nSPS) is 15.6. The molecule has 162 valence electrons. The molecule has 0 aromatic heterocycles. The Labute approximate surface area is 186 Å². The average molecular weight is 428 g/mol. The summed E-state index contributed by atoms with van der Waals surface area (Å²) in [4.78, 5) is 13.1. The molecule has 1 aliphatic rings. The molecule has 0 bridgehead atoms. The van der Waals surface area contributed by atoms with Crippen molar-refractivity contribution < 1.29 is 9.90 Å². The molecule has 1 atom stereocenters. The third kappa shape index (κ3) is 7.45. The van der Waals surface area contributed by atoms with Gasteiger partial charge >= 0.3 is 5.97 Å². The first-order valence-electron chi connectivity index (χ1n) is 11.4. The number of halogens is 1. The van der Waals surface area contributed by atoms with Crippen LogP contribution < -0.4 is 0 Å². The van der Waals surface area contributed by atoms with Crippen LogP contribution in [0.4, 0.5) is 0 Å². The molecular formula is C26H34ClNO2. The molecule has 0 spiro atoms. The minimum Gasteiger partial charge on any atom is -0.481 e. The summed E-state index contributed by atoms with van der Waals surface area (Å²) in [5.41, 5.74) is 2.74. The maximum Gasteiger partial charge on any atom is 0.309 e. The van der Waals surface area contributed by atoms with Gasteiger partial charge in [0, 0.05) is 18.1 Å². The Morgan fingerprint density at radius 1 is 0.967 bits per heavy atom. The van der Waals surface area contributed by atoms with Crippen LogP contribution in [0, 0.1) is 5.92 Å². The molecule has 30 heavy (non-hydrogen) atoms. The molecule has 3 nitrogen and oxygen atoms in total. The molecule has 0 aliphatic carbocycles. The van der Waals surface area contributed by atoms with Crippen LogP contribution in [0.5, 0.6) is 0 Å². The van der Waals surface area contributed by atoms with Crippen LogP contribution in [-0.2, 0) is 11.2 Å². The van der Waals surface area contributed by atoms with Crippen molar-refractivity contribution in [1.82, 2.24) is 4.90 Å². The van der Waals surface area contributed by atoms with Crippen LogP contribution in [0.1, 0.15) is 62.0 Å². The highest BCUT2D eigenvalue weighted by Gasteiger charge is 2.31. The van der Waals surface area contributed by atoms with Crippen molar-refractivity contribution in [1.29, 1.82) is 0 Å². The second-order valence-corrected chi connectivity index (χ2v) is 9.08. The van der Waals surface area contributed by atoms with Crippen LogP contribution >= 0.6 is 11.6 Å². The average Bonchev–Trinajstić information content (AvgIpc) is 2.70. The van der Waals surface area contributed by atoms with E-state index in [1.807, 2.05) is 6.07 Å². The smallest absolute Gasteiger partial charge is 0.309 e. The molecule has 1 N–H and O–H groups in total. The molecule has 0 radical (unpaired) electrons. The monoisotopic (exact) mass is 427 g/mol. The maximum absolute atomic E-state index is 10.8. The number of carboxylic acid groups (broad SMARTS) is 1. The zero-order valence-electron chi connectivity index (χ0n) is 17.8. The molecule has 1 saturated heterocycles. The standard InChI is InChI=1S/C26H34ClNO2/c27-25-15-10-14-23(18-25)22(17-21-11-6-5-7-12-21)13-8-3-1-2-4-9-16-28-19-24(20-28)26(29)30/h5-7,10-12,14-15,18,22,24H,1-4,8-9,13,16-17,19-20H2,(H,29,30)/t22-/m0/s1. The predicted octanol–water partition coefficient (Wildman–Crippen LogP) is 6.41. The van der Waals surface area contributed by atoms with Crippen molar-refractivity contribution in [3.63, 3.8) is 0 Å². The number of hydrogen-bond acceptors (Lipinski definition) is 2. The fraction of sp³-hybridized carbons (Fsp3) is 0.500. The van der Waals surface area contributed by atoms with Crippen molar-refractivity contribution in [3.8, 4) is 0 Å². The van der Waals surface area contributed by atoms with Gasteiger partial charge in [-0.1, -0.05) is 86.2 Å². The number of rotatable bonds is 13. The van der Waals surface area contributed by atoms with Crippen molar-refractivity contribution in [2.75, 3.05) is 19.6 Å². The van der Waals surface area contributed by atoms with E-state index in [1.165, 1.54) is 56.1 Å². The number of hydrogen-bond donors (Lipinski definition) is 1. The number of likely N-dealkylation sites (tertiary alicyclic amines) is 1. The van der Waals surface area contributed by atoms with E-state index in [0.29, 0.717) is 5.92 Å². The van der Waals surface area contributed by atoms with Gasteiger partial charge in [0.15, 0.2) is 0 Å². The molecule has 2 aromatic carbocycles. The van der Waals surface area contributed by atoms with Gasteiger partial charge in [-0.05, 0) is 55.0 Å². The van der Waals surface area contributed by atoms with Gasteiger partial charge in [-0.25, -0.2) is 0 Å². The summed E-state index contributed by atoms with van der Waals surface area (Å²) in [5, 5.41) is 9.74. The highest BCUT2D eigenvalue weighted by molar-refractivity contribution is 6.30. The van der Waals surface area contributed by atoms with Gasteiger partial charge in [0.2, 0.25) is 0 Å². The molecule has 0 saturated carbocycles. The molecule has 0 unspecified atom stereocenters. The van der Waals surface area contributed by atoms with Crippen LogP contribution in [-0.4, -0.2) is 35.6 Å².